The van der Waals surface area contributed by atoms with Gasteiger partial charge in [0.15, 0.2) is 0 Å². The molecule has 2 aliphatic heterocycles. The van der Waals surface area contributed by atoms with E-state index >= 15 is 0 Å². The number of anilines is 1. The Morgan fingerprint density at radius 1 is 1.32 bits per heavy atom. The van der Waals surface area contributed by atoms with E-state index in [1.54, 1.807) is 4.90 Å². The second-order valence-corrected chi connectivity index (χ2v) is 4.95. The third kappa shape index (κ3) is 2.33. The van der Waals surface area contributed by atoms with Crippen molar-refractivity contribution in [1.29, 1.82) is 0 Å². The van der Waals surface area contributed by atoms with Crippen LogP contribution < -0.4 is 15.5 Å². The van der Waals surface area contributed by atoms with Crippen molar-refractivity contribution in [2.75, 3.05) is 18.0 Å². The highest BCUT2D eigenvalue weighted by Crippen LogP contribution is 2.24. The van der Waals surface area contributed by atoms with Crippen LogP contribution in [0.1, 0.15) is 18.4 Å². The zero-order valence-electron chi connectivity index (χ0n) is 10.7. The average molecular weight is 259 g/mol. The molecule has 2 N–H and O–H groups in total. The topological polar surface area (TPSA) is 61.4 Å². The summed E-state index contributed by atoms with van der Waals surface area (Å²) in [5, 5.41) is 6.06. The predicted octanol–water partition coefficient (Wildman–Crippen LogP) is 0.401. The molecule has 0 radical (unpaired) electrons. The third-order valence-corrected chi connectivity index (χ3v) is 3.67. The molecular weight excluding hydrogens is 242 g/mol. The van der Waals surface area contributed by atoms with Crippen molar-refractivity contribution in [2.45, 2.75) is 25.4 Å². The van der Waals surface area contributed by atoms with E-state index in [2.05, 4.69) is 10.6 Å². The minimum Gasteiger partial charge on any atom is -0.344 e. The van der Waals surface area contributed by atoms with Crippen molar-refractivity contribution in [3.63, 3.8) is 0 Å². The van der Waals surface area contributed by atoms with E-state index in [1.165, 1.54) is 0 Å². The summed E-state index contributed by atoms with van der Waals surface area (Å²) >= 11 is 0. The van der Waals surface area contributed by atoms with Crippen LogP contribution in [0.15, 0.2) is 24.3 Å². The first kappa shape index (κ1) is 12.2. The Bertz CT molecular complexity index is 515. The number of rotatable bonds is 1. The van der Waals surface area contributed by atoms with Crippen LogP contribution in [0.3, 0.4) is 0 Å². The van der Waals surface area contributed by atoms with Crippen LogP contribution in [0.25, 0.3) is 0 Å². The first-order valence-electron chi connectivity index (χ1n) is 6.65. The quantitative estimate of drug-likeness (QED) is 0.767. The van der Waals surface area contributed by atoms with Gasteiger partial charge in [0.25, 0.3) is 0 Å². The van der Waals surface area contributed by atoms with Gasteiger partial charge in [-0.3, -0.25) is 9.59 Å². The predicted molar refractivity (Wildman–Crippen MR) is 71.7 cm³/mol. The van der Waals surface area contributed by atoms with E-state index < -0.39 is 0 Å². The van der Waals surface area contributed by atoms with Crippen LogP contribution >= 0.6 is 0 Å². The molecular formula is C14H17N3O2. The number of hydrogen-bond acceptors (Lipinski definition) is 3. The smallest absolute Gasteiger partial charge is 0.249 e. The monoisotopic (exact) mass is 259 g/mol. The van der Waals surface area contributed by atoms with Crippen LogP contribution in [0.5, 0.6) is 0 Å². The summed E-state index contributed by atoms with van der Waals surface area (Å²) in [6.45, 7) is 2.18. The minimum atomic E-state index is -0.362. The molecule has 1 aromatic carbocycles. The van der Waals surface area contributed by atoms with E-state index in [1.807, 2.05) is 24.3 Å². The number of nitrogens with zero attached hydrogens (tertiary/aromatic N) is 1. The zero-order valence-corrected chi connectivity index (χ0v) is 10.7. The Labute approximate surface area is 112 Å². The average Bonchev–Trinajstić information content (AvgIpc) is 2.74. The molecule has 2 amide bonds. The molecule has 1 atom stereocenters. The molecule has 3 rings (SSSR count). The second kappa shape index (κ2) is 5.01. The number of amides is 2. The fourth-order valence-electron chi connectivity index (χ4n) is 2.67. The lowest BCUT2D eigenvalue weighted by Gasteiger charge is -2.25. The maximum absolute atomic E-state index is 12.5. The van der Waals surface area contributed by atoms with Crippen molar-refractivity contribution in [2.24, 2.45) is 0 Å². The van der Waals surface area contributed by atoms with Crippen molar-refractivity contribution in [3.8, 4) is 0 Å². The molecule has 1 aromatic rings. The maximum Gasteiger partial charge on any atom is 0.249 e. The van der Waals surface area contributed by atoms with Gasteiger partial charge in [-0.25, -0.2) is 0 Å². The van der Waals surface area contributed by atoms with Gasteiger partial charge in [-0.15, -0.1) is 0 Å². The van der Waals surface area contributed by atoms with E-state index in [9.17, 15) is 9.59 Å². The summed E-state index contributed by atoms with van der Waals surface area (Å²) < 4.78 is 0. The summed E-state index contributed by atoms with van der Waals surface area (Å²) in [4.78, 5) is 25.6. The van der Waals surface area contributed by atoms with Gasteiger partial charge in [-0.05, 0) is 18.1 Å². The van der Waals surface area contributed by atoms with Gasteiger partial charge in [-0.2, -0.15) is 0 Å². The number of para-hydroxylation sites is 1. The van der Waals surface area contributed by atoms with Gasteiger partial charge >= 0.3 is 0 Å². The third-order valence-electron chi connectivity index (χ3n) is 3.67. The van der Waals surface area contributed by atoms with Crippen molar-refractivity contribution < 1.29 is 9.59 Å². The lowest BCUT2D eigenvalue weighted by Crippen LogP contribution is -2.46. The molecule has 2 aliphatic rings. The number of benzene rings is 1. The van der Waals surface area contributed by atoms with Gasteiger partial charge in [0.05, 0.1) is 0 Å². The maximum atomic E-state index is 12.5. The number of nitrogens with one attached hydrogen (secondary N) is 2. The van der Waals surface area contributed by atoms with Gasteiger partial charge in [0.1, 0.15) is 6.04 Å². The Morgan fingerprint density at radius 3 is 2.95 bits per heavy atom. The fourth-order valence-corrected chi connectivity index (χ4v) is 2.67. The van der Waals surface area contributed by atoms with E-state index in [-0.39, 0.29) is 17.9 Å². The number of fused-ring (bicyclic) bond motifs is 1. The molecule has 1 saturated heterocycles. The molecule has 0 bridgehead atoms. The van der Waals surface area contributed by atoms with Crippen molar-refractivity contribution in [1.82, 2.24) is 10.6 Å². The van der Waals surface area contributed by atoms with Crippen molar-refractivity contribution >= 4 is 17.5 Å². The van der Waals surface area contributed by atoms with Crippen LogP contribution in [-0.4, -0.2) is 30.9 Å². The zero-order chi connectivity index (χ0) is 13.2. The number of carbonyl (C=O) groups is 2. The molecule has 2 heterocycles. The fraction of sp³-hybridized carbons (Fsp3) is 0.429. The molecule has 0 saturated carbocycles. The highest BCUT2D eigenvalue weighted by molar-refractivity contribution is 6.01. The van der Waals surface area contributed by atoms with Crippen LogP contribution in [0.2, 0.25) is 0 Å². The highest BCUT2D eigenvalue weighted by atomic mass is 16.2. The summed E-state index contributed by atoms with van der Waals surface area (Å²) in [5.74, 6) is -0.0263. The largest absolute Gasteiger partial charge is 0.344 e. The molecule has 0 aromatic heterocycles. The minimum absolute atomic E-state index is 0.00185. The standard InChI is InChI=1S/C14H17N3O2/c18-13-6-5-11(16-13)14(19)17-8-7-15-9-10-3-1-2-4-12(10)17/h1-4,11,15H,5-9H2,(H,16,18)/t11-/m0/s1. The Kier molecular flexibility index (Phi) is 3.21. The molecule has 1 fully saturated rings. The molecule has 5 heteroatoms. The summed E-state index contributed by atoms with van der Waals surface area (Å²) in [6, 6.07) is 7.56. The summed E-state index contributed by atoms with van der Waals surface area (Å²) in [6.07, 6.45) is 1.05. The highest BCUT2D eigenvalue weighted by Gasteiger charge is 2.32. The first-order valence-corrected chi connectivity index (χ1v) is 6.65. The van der Waals surface area contributed by atoms with E-state index in [4.69, 9.17) is 0 Å². The van der Waals surface area contributed by atoms with E-state index in [0.717, 1.165) is 24.3 Å². The summed E-state index contributed by atoms with van der Waals surface area (Å²) in [5.41, 5.74) is 2.08. The Balaban J connectivity index is 1.87. The first-order chi connectivity index (χ1) is 9.25. The van der Waals surface area contributed by atoms with Crippen LogP contribution in [-0.2, 0) is 16.1 Å². The molecule has 0 unspecified atom stereocenters. The SMILES string of the molecule is O=C1CC[C@@H](C(=O)N2CCNCc3ccccc32)N1. The van der Waals surface area contributed by atoms with Crippen LogP contribution in [0, 0.1) is 0 Å². The summed E-state index contributed by atoms with van der Waals surface area (Å²) in [7, 11) is 0. The Hall–Kier alpha value is -1.88. The molecule has 0 spiro atoms. The molecule has 100 valence electrons. The van der Waals surface area contributed by atoms with Crippen LogP contribution in [0.4, 0.5) is 5.69 Å². The molecule has 5 nitrogen and oxygen atoms in total. The number of hydrogen-bond donors (Lipinski definition) is 2. The lowest BCUT2D eigenvalue weighted by molar-refractivity contribution is -0.124. The van der Waals surface area contributed by atoms with Gasteiger partial charge in [0, 0.05) is 31.7 Å². The second-order valence-electron chi connectivity index (χ2n) is 4.95. The molecule has 19 heavy (non-hydrogen) atoms. The number of carbonyl (C=O) groups excluding carboxylic acids is 2. The Morgan fingerprint density at radius 2 is 2.16 bits per heavy atom. The molecule has 0 aliphatic carbocycles. The van der Waals surface area contributed by atoms with E-state index in [0.29, 0.717) is 19.4 Å². The van der Waals surface area contributed by atoms with Gasteiger partial charge in [-0.1, -0.05) is 18.2 Å². The van der Waals surface area contributed by atoms with Gasteiger partial charge < -0.3 is 15.5 Å². The van der Waals surface area contributed by atoms with Crippen molar-refractivity contribution in [3.05, 3.63) is 29.8 Å². The van der Waals surface area contributed by atoms with Gasteiger partial charge in [0.2, 0.25) is 11.8 Å². The normalized spacial score (nSPS) is 22.6. The lowest BCUT2D eigenvalue weighted by atomic mass is 10.1.